The Hall–Kier alpha value is -0.130. The molecule has 2 fully saturated rings. The second-order valence-electron chi connectivity index (χ2n) is 11.4. The zero-order chi connectivity index (χ0) is 28.8. The van der Waals surface area contributed by atoms with Gasteiger partial charge in [0.25, 0.3) is 0 Å². The van der Waals surface area contributed by atoms with Crippen molar-refractivity contribution in [2.45, 2.75) is 101 Å². The molecule has 1 aromatic carbocycles. The fourth-order valence-electron chi connectivity index (χ4n) is 4.77. The van der Waals surface area contributed by atoms with Gasteiger partial charge in [0.05, 0.1) is 38.1 Å². The van der Waals surface area contributed by atoms with Crippen molar-refractivity contribution in [1.29, 1.82) is 0 Å². The molecule has 2 aliphatic heterocycles. The Morgan fingerprint density at radius 2 is 1.51 bits per heavy atom. The van der Waals surface area contributed by atoms with Gasteiger partial charge >= 0.3 is 7.82 Å². The molecule has 2 heterocycles. The number of phosphoric ester groups is 1. The average molecular weight is 607 g/mol. The van der Waals surface area contributed by atoms with E-state index in [0.717, 1.165) is 10.5 Å². The molecule has 0 aromatic heterocycles. The number of ether oxygens (including phenoxy) is 4. The Bertz CT molecular complexity index is 944. The molecule has 2 saturated heterocycles. The molecule has 0 N–H and O–H groups in total. The highest BCUT2D eigenvalue weighted by molar-refractivity contribution is 8.77. The quantitative estimate of drug-likeness (QED) is 0.167. The highest BCUT2D eigenvalue weighted by atomic mass is 33.1. The van der Waals surface area contributed by atoms with E-state index in [4.69, 9.17) is 32.5 Å². The summed E-state index contributed by atoms with van der Waals surface area (Å²) < 4.78 is 55.5. The van der Waals surface area contributed by atoms with E-state index in [1.165, 1.54) is 0 Å². The molecule has 8 nitrogen and oxygen atoms in total. The standard InChI is InChI=1S/C28H47O8PS2/c1-18-20(3)35-24(26(18)31-9)17-33-37(29,36-27-19(2)21(4)34-23(27)16-30-8)32-15-14-22-12-10-11-13-25(22)38-39-28(5,6)7/h10-13,18-21,23-24,26-27H,14-17H2,1-9H3. The predicted molar refractivity (Wildman–Crippen MR) is 157 cm³/mol. The molecule has 0 amide bonds. The molecular formula is C28H47O8PS2. The monoisotopic (exact) mass is 606 g/mol. The van der Waals surface area contributed by atoms with Gasteiger partial charge in [0.1, 0.15) is 18.3 Å². The van der Waals surface area contributed by atoms with Gasteiger partial charge in [-0.05, 0) is 31.9 Å². The summed E-state index contributed by atoms with van der Waals surface area (Å²) in [6, 6.07) is 8.21. The highest BCUT2D eigenvalue weighted by Crippen LogP contribution is 2.54. The molecule has 39 heavy (non-hydrogen) atoms. The fourth-order valence-corrected chi connectivity index (χ4v) is 8.49. The normalized spacial score (nSPS) is 32.9. The van der Waals surface area contributed by atoms with E-state index in [0.29, 0.717) is 13.0 Å². The molecular weight excluding hydrogens is 559 g/mol. The summed E-state index contributed by atoms with van der Waals surface area (Å²) in [5.41, 5.74) is 1.12. The van der Waals surface area contributed by atoms with Crippen molar-refractivity contribution >= 4 is 29.4 Å². The second-order valence-corrected chi connectivity index (χ2v) is 16.0. The Kier molecular flexibility index (Phi) is 12.7. The maximum Gasteiger partial charge on any atom is 0.475 e. The van der Waals surface area contributed by atoms with E-state index in [2.05, 4.69) is 39.8 Å². The van der Waals surface area contributed by atoms with Crippen molar-refractivity contribution in [2.75, 3.05) is 34.0 Å². The molecule has 0 radical (unpaired) electrons. The summed E-state index contributed by atoms with van der Waals surface area (Å²) in [7, 11) is 2.82. The topological polar surface area (TPSA) is 81.7 Å². The van der Waals surface area contributed by atoms with E-state index in [9.17, 15) is 4.57 Å². The SMILES string of the molecule is COCC1OC(C)C(C)C1OP(=O)(OCCc1ccccc1SSC(C)(C)C)OCC1OC(C)C(C)C1OC. The Balaban J connectivity index is 1.73. The van der Waals surface area contributed by atoms with Crippen molar-refractivity contribution in [3.05, 3.63) is 29.8 Å². The molecule has 1 aromatic rings. The van der Waals surface area contributed by atoms with Gasteiger partial charge in [-0.3, -0.25) is 13.6 Å². The van der Waals surface area contributed by atoms with Gasteiger partial charge in [-0.1, -0.05) is 74.4 Å². The summed E-state index contributed by atoms with van der Waals surface area (Å²) >= 11 is 0. The fraction of sp³-hybridized carbons (Fsp3) is 0.786. The van der Waals surface area contributed by atoms with Crippen LogP contribution in [0.15, 0.2) is 29.2 Å². The molecule has 11 heteroatoms. The van der Waals surface area contributed by atoms with Crippen molar-refractivity contribution in [2.24, 2.45) is 11.8 Å². The van der Waals surface area contributed by atoms with Crippen LogP contribution >= 0.6 is 29.4 Å². The third-order valence-electron chi connectivity index (χ3n) is 7.25. The molecule has 224 valence electrons. The van der Waals surface area contributed by atoms with Gasteiger partial charge in [-0.2, -0.15) is 0 Å². The van der Waals surface area contributed by atoms with Crippen LogP contribution in [0, 0.1) is 11.8 Å². The lowest BCUT2D eigenvalue weighted by Gasteiger charge is -2.28. The zero-order valence-corrected chi connectivity index (χ0v) is 27.3. The van der Waals surface area contributed by atoms with Gasteiger partial charge in [0.2, 0.25) is 0 Å². The summed E-state index contributed by atoms with van der Waals surface area (Å²) in [5, 5.41) is 0. The lowest BCUT2D eigenvalue weighted by molar-refractivity contribution is -0.0493. The Labute approximate surface area is 242 Å². The van der Waals surface area contributed by atoms with Gasteiger partial charge in [-0.25, -0.2) is 4.57 Å². The zero-order valence-electron chi connectivity index (χ0n) is 24.8. The van der Waals surface area contributed by atoms with Crippen LogP contribution in [0.25, 0.3) is 0 Å². The Morgan fingerprint density at radius 3 is 2.13 bits per heavy atom. The minimum Gasteiger partial charge on any atom is -0.382 e. The van der Waals surface area contributed by atoms with E-state index in [-0.39, 0.29) is 60.3 Å². The predicted octanol–water partition coefficient (Wildman–Crippen LogP) is 6.80. The van der Waals surface area contributed by atoms with E-state index in [1.54, 1.807) is 25.0 Å². The van der Waals surface area contributed by atoms with Crippen LogP contribution in [0.3, 0.4) is 0 Å². The first-order valence-corrected chi connectivity index (χ1v) is 17.3. The average Bonchev–Trinajstić information content (AvgIpc) is 3.30. The third-order valence-corrected chi connectivity index (χ3v) is 12.2. The van der Waals surface area contributed by atoms with Crippen molar-refractivity contribution in [1.82, 2.24) is 0 Å². The van der Waals surface area contributed by atoms with Crippen LogP contribution in [-0.2, 0) is 43.5 Å². The molecule has 9 atom stereocenters. The highest BCUT2D eigenvalue weighted by Gasteiger charge is 2.47. The van der Waals surface area contributed by atoms with Gasteiger partial charge in [0.15, 0.2) is 0 Å². The smallest absolute Gasteiger partial charge is 0.382 e. The second kappa shape index (κ2) is 14.9. The molecule has 0 bridgehead atoms. The number of hydrogen-bond donors (Lipinski definition) is 0. The first kappa shape index (κ1) is 33.4. The maximum absolute atomic E-state index is 14.1. The van der Waals surface area contributed by atoms with Crippen molar-refractivity contribution in [3.63, 3.8) is 0 Å². The number of benzene rings is 1. The third kappa shape index (κ3) is 9.43. The Morgan fingerprint density at radius 1 is 0.897 bits per heavy atom. The summed E-state index contributed by atoms with van der Waals surface area (Å²) in [6.45, 7) is 15.2. The minimum atomic E-state index is -4.00. The number of phosphoric acid groups is 1. The molecule has 2 aliphatic rings. The molecule has 9 unspecified atom stereocenters. The van der Waals surface area contributed by atoms with Gasteiger partial charge in [0, 0.05) is 35.7 Å². The minimum absolute atomic E-state index is 0.0000656. The number of methoxy groups -OCH3 is 2. The molecule has 0 saturated carbocycles. The van der Waals surface area contributed by atoms with E-state index < -0.39 is 13.9 Å². The molecule has 0 aliphatic carbocycles. The van der Waals surface area contributed by atoms with Crippen LogP contribution in [0.4, 0.5) is 0 Å². The lowest BCUT2D eigenvalue weighted by Crippen LogP contribution is -2.34. The van der Waals surface area contributed by atoms with Crippen molar-refractivity contribution < 1.29 is 37.1 Å². The van der Waals surface area contributed by atoms with Crippen LogP contribution in [0.2, 0.25) is 0 Å². The largest absolute Gasteiger partial charge is 0.475 e. The van der Waals surface area contributed by atoms with Crippen LogP contribution < -0.4 is 0 Å². The maximum atomic E-state index is 14.1. The first-order valence-electron chi connectivity index (χ1n) is 13.7. The molecule has 3 rings (SSSR count). The van der Waals surface area contributed by atoms with E-state index >= 15 is 0 Å². The van der Waals surface area contributed by atoms with Gasteiger partial charge < -0.3 is 18.9 Å². The lowest BCUT2D eigenvalue weighted by atomic mass is 9.99. The van der Waals surface area contributed by atoms with E-state index in [1.807, 2.05) is 43.7 Å². The summed E-state index contributed by atoms with van der Waals surface area (Å²) in [6.07, 6.45) is -0.941. The summed E-state index contributed by atoms with van der Waals surface area (Å²) in [4.78, 5) is 1.16. The number of rotatable bonds is 14. The van der Waals surface area contributed by atoms with Crippen molar-refractivity contribution in [3.8, 4) is 0 Å². The van der Waals surface area contributed by atoms with Crippen LogP contribution in [-0.4, -0.2) is 75.4 Å². The summed E-state index contributed by atoms with van der Waals surface area (Å²) in [5.74, 6) is 0.159. The molecule has 0 spiro atoms. The number of hydrogen-bond acceptors (Lipinski definition) is 10. The van der Waals surface area contributed by atoms with Crippen LogP contribution in [0.5, 0.6) is 0 Å². The van der Waals surface area contributed by atoms with Gasteiger partial charge in [-0.15, -0.1) is 0 Å². The first-order chi connectivity index (χ1) is 18.4. The van der Waals surface area contributed by atoms with Crippen LogP contribution in [0.1, 0.15) is 54.0 Å².